The minimum absolute atomic E-state index is 0.154. The average Bonchev–Trinajstić information content (AvgIpc) is 2.84. The number of aromatic nitrogens is 1. The molecular formula is C17H31N3S. The van der Waals surface area contributed by atoms with Crippen LogP contribution >= 0.6 is 11.3 Å². The van der Waals surface area contributed by atoms with Gasteiger partial charge in [-0.25, -0.2) is 4.98 Å². The molecular weight excluding hydrogens is 278 g/mol. The van der Waals surface area contributed by atoms with Crippen LogP contribution in [0.2, 0.25) is 0 Å². The first-order valence-corrected chi connectivity index (χ1v) is 9.10. The van der Waals surface area contributed by atoms with Crippen molar-refractivity contribution >= 4 is 11.3 Å². The van der Waals surface area contributed by atoms with Crippen molar-refractivity contribution in [3.63, 3.8) is 0 Å². The number of hydrogen-bond donors (Lipinski definition) is 1. The molecule has 3 nitrogen and oxygen atoms in total. The topological polar surface area (TPSA) is 28.2 Å². The van der Waals surface area contributed by atoms with Crippen LogP contribution < -0.4 is 5.32 Å². The van der Waals surface area contributed by atoms with Gasteiger partial charge in [0.25, 0.3) is 0 Å². The number of nitrogens with one attached hydrogen (secondary N) is 1. The Morgan fingerprint density at radius 1 is 1.29 bits per heavy atom. The molecule has 1 aliphatic rings. The van der Waals surface area contributed by atoms with E-state index in [1.54, 1.807) is 11.3 Å². The molecule has 0 radical (unpaired) electrons. The van der Waals surface area contributed by atoms with Crippen molar-refractivity contribution in [3.8, 4) is 0 Å². The fourth-order valence-corrected chi connectivity index (χ4v) is 3.64. The number of thiazole rings is 1. The van der Waals surface area contributed by atoms with Crippen LogP contribution in [0.1, 0.15) is 64.1 Å². The van der Waals surface area contributed by atoms with Crippen LogP contribution in [0.3, 0.4) is 0 Å². The molecule has 0 unspecified atom stereocenters. The van der Waals surface area contributed by atoms with Crippen LogP contribution in [0.25, 0.3) is 0 Å². The smallest absolute Gasteiger partial charge is 0.107 e. The Hall–Kier alpha value is -0.450. The summed E-state index contributed by atoms with van der Waals surface area (Å²) in [5.41, 5.74) is 1.38. The lowest BCUT2D eigenvalue weighted by molar-refractivity contribution is 0.162. The summed E-state index contributed by atoms with van der Waals surface area (Å²) in [5.74, 6) is 0.920. The zero-order valence-electron chi connectivity index (χ0n) is 14.3. The standard InChI is InChI=1S/C17H31N3S/c1-13-6-8-15(9-7-13)20(5)11-14-12-21-16(19-14)10-18-17(2,3)4/h12-13,15,18H,6-11H2,1-5H3. The summed E-state index contributed by atoms with van der Waals surface area (Å²) < 4.78 is 0. The molecule has 0 spiro atoms. The third-order valence-corrected chi connectivity index (χ3v) is 5.29. The molecule has 1 heterocycles. The van der Waals surface area contributed by atoms with Gasteiger partial charge in [-0.3, -0.25) is 4.90 Å². The fourth-order valence-electron chi connectivity index (χ4n) is 2.91. The highest BCUT2D eigenvalue weighted by molar-refractivity contribution is 7.09. The summed E-state index contributed by atoms with van der Waals surface area (Å²) in [7, 11) is 2.26. The molecule has 0 atom stereocenters. The van der Waals surface area contributed by atoms with Crippen LogP contribution in [-0.4, -0.2) is 28.5 Å². The maximum atomic E-state index is 4.78. The molecule has 1 saturated carbocycles. The summed E-state index contributed by atoms with van der Waals surface area (Å²) in [6.45, 7) is 10.8. The molecule has 0 aromatic carbocycles. The van der Waals surface area contributed by atoms with E-state index in [2.05, 4.69) is 50.3 Å². The first-order valence-electron chi connectivity index (χ1n) is 8.22. The van der Waals surface area contributed by atoms with Gasteiger partial charge in [0.1, 0.15) is 5.01 Å². The van der Waals surface area contributed by atoms with Crippen LogP contribution in [0.15, 0.2) is 5.38 Å². The van der Waals surface area contributed by atoms with Crippen LogP contribution in [0.5, 0.6) is 0 Å². The Balaban J connectivity index is 1.81. The normalized spacial score (nSPS) is 23.7. The second-order valence-electron chi connectivity index (χ2n) is 7.66. The Labute approximate surface area is 134 Å². The summed E-state index contributed by atoms with van der Waals surface area (Å²) in [6.07, 6.45) is 5.46. The van der Waals surface area contributed by atoms with Crippen LogP contribution in [0.4, 0.5) is 0 Å². The third kappa shape index (κ3) is 5.68. The predicted molar refractivity (Wildman–Crippen MR) is 91.6 cm³/mol. The van der Waals surface area contributed by atoms with E-state index >= 15 is 0 Å². The monoisotopic (exact) mass is 309 g/mol. The SMILES string of the molecule is CC1CCC(N(C)Cc2csc(CNC(C)(C)C)n2)CC1. The van der Waals surface area contributed by atoms with Gasteiger partial charge in [0.05, 0.1) is 5.69 Å². The zero-order valence-corrected chi connectivity index (χ0v) is 15.1. The Bertz CT molecular complexity index is 427. The molecule has 2 rings (SSSR count). The first-order chi connectivity index (χ1) is 9.83. The summed E-state index contributed by atoms with van der Waals surface area (Å²) in [5, 5.41) is 6.93. The average molecular weight is 310 g/mol. The second-order valence-corrected chi connectivity index (χ2v) is 8.61. The molecule has 120 valence electrons. The van der Waals surface area contributed by atoms with Gasteiger partial charge in [0, 0.05) is 30.1 Å². The number of hydrogen-bond acceptors (Lipinski definition) is 4. The highest BCUT2D eigenvalue weighted by Crippen LogP contribution is 2.27. The highest BCUT2D eigenvalue weighted by Gasteiger charge is 2.22. The van der Waals surface area contributed by atoms with Crippen molar-refractivity contribution in [2.75, 3.05) is 7.05 Å². The van der Waals surface area contributed by atoms with Gasteiger partial charge in [-0.15, -0.1) is 11.3 Å². The molecule has 1 N–H and O–H groups in total. The van der Waals surface area contributed by atoms with E-state index in [0.717, 1.165) is 25.0 Å². The van der Waals surface area contributed by atoms with Crippen molar-refractivity contribution < 1.29 is 0 Å². The lowest BCUT2D eigenvalue weighted by Crippen LogP contribution is -2.35. The van der Waals surface area contributed by atoms with Gasteiger partial charge >= 0.3 is 0 Å². The molecule has 1 aromatic heterocycles. The third-order valence-electron chi connectivity index (χ3n) is 4.39. The van der Waals surface area contributed by atoms with E-state index in [1.807, 2.05) is 0 Å². The Morgan fingerprint density at radius 3 is 2.57 bits per heavy atom. The highest BCUT2D eigenvalue weighted by atomic mass is 32.1. The summed E-state index contributed by atoms with van der Waals surface area (Å²) in [6, 6.07) is 0.749. The zero-order chi connectivity index (χ0) is 15.5. The van der Waals surface area contributed by atoms with Crippen molar-refractivity contribution in [1.82, 2.24) is 15.2 Å². The van der Waals surface area contributed by atoms with Gasteiger partial charge in [-0.1, -0.05) is 6.92 Å². The van der Waals surface area contributed by atoms with Crippen molar-refractivity contribution in [2.45, 2.75) is 78.0 Å². The molecule has 1 aliphatic carbocycles. The van der Waals surface area contributed by atoms with Crippen molar-refractivity contribution in [1.29, 1.82) is 0 Å². The van der Waals surface area contributed by atoms with E-state index in [4.69, 9.17) is 4.98 Å². The Morgan fingerprint density at radius 2 is 1.95 bits per heavy atom. The van der Waals surface area contributed by atoms with Gasteiger partial charge in [-0.2, -0.15) is 0 Å². The number of nitrogens with zero attached hydrogens (tertiary/aromatic N) is 2. The van der Waals surface area contributed by atoms with Crippen molar-refractivity contribution in [2.24, 2.45) is 5.92 Å². The van der Waals surface area contributed by atoms with Crippen LogP contribution in [0, 0.1) is 5.92 Å². The van der Waals surface area contributed by atoms with E-state index in [-0.39, 0.29) is 5.54 Å². The maximum absolute atomic E-state index is 4.78. The van der Waals surface area contributed by atoms with E-state index in [1.165, 1.54) is 36.4 Å². The molecule has 21 heavy (non-hydrogen) atoms. The van der Waals surface area contributed by atoms with Gasteiger partial charge in [0.2, 0.25) is 0 Å². The molecule has 1 fully saturated rings. The van der Waals surface area contributed by atoms with E-state index in [9.17, 15) is 0 Å². The minimum atomic E-state index is 0.154. The second kappa shape index (κ2) is 7.21. The molecule has 4 heteroatoms. The van der Waals surface area contributed by atoms with E-state index < -0.39 is 0 Å². The lowest BCUT2D eigenvalue weighted by atomic mass is 9.87. The predicted octanol–water partition coefficient (Wildman–Crippen LogP) is 4.04. The quantitative estimate of drug-likeness (QED) is 0.889. The molecule has 0 amide bonds. The van der Waals surface area contributed by atoms with Crippen molar-refractivity contribution in [3.05, 3.63) is 16.1 Å². The largest absolute Gasteiger partial charge is 0.306 e. The van der Waals surface area contributed by atoms with Gasteiger partial charge in [0.15, 0.2) is 0 Å². The fraction of sp³-hybridized carbons (Fsp3) is 0.824. The van der Waals surface area contributed by atoms with Gasteiger partial charge < -0.3 is 5.32 Å². The summed E-state index contributed by atoms with van der Waals surface area (Å²) >= 11 is 1.78. The lowest BCUT2D eigenvalue weighted by Gasteiger charge is -2.33. The maximum Gasteiger partial charge on any atom is 0.107 e. The Kier molecular flexibility index (Phi) is 5.81. The minimum Gasteiger partial charge on any atom is -0.306 e. The molecule has 0 aliphatic heterocycles. The van der Waals surface area contributed by atoms with Gasteiger partial charge in [-0.05, 0) is 59.4 Å². The van der Waals surface area contributed by atoms with Crippen LogP contribution in [-0.2, 0) is 13.1 Å². The number of rotatable bonds is 5. The molecule has 0 saturated heterocycles. The van der Waals surface area contributed by atoms with E-state index in [0.29, 0.717) is 0 Å². The first kappa shape index (κ1) is 16.9. The molecule has 0 bridgehead atoms. The summed E-state index contributed by atoms with van der Waals surface area (Å²) in [4.78, 5) is 7.28. The molecule has 1 aromatic rings.